The van der Waals surface area contributed by atoms with E-state index in [4.69, 9.17) is 0 Å². The van der Waals surface area contributed by atoms with Gasteiger partial charge in [-0.1, -0.05) is 23.3 Å². The van der Waals surface area contributed by atoms with Gasteiger partial charge in [-0.15, -0.1) is 0 Å². The minimum absolute atomic E-state index is 0.0565. The Bertz CT molecular complexity index is 1390. The Hall–Kier alpha value is -4.14. The standard InChI is InChI=1S/C27H26FN7O/c28-22-6-2-5-20(15-22)25-10-8-21(17-29-25)26(36)30-23-11-13-34(14-12-23)27-31-32-33-35(27)24-9-7-18-3-1-4-19(18)16-24/h2,5-10,15-17,23H,1,3-4,11-14H2,(H,30,36). The first-order valence-corrected chi connectivity index (χ1v) is 12.3. The highest BCUT2D eigenvalue weighted by Gasteiger charge is 2.25. The van der Waals surface area contributed by atoms with E-state index in [-0.39, 0.29) is 17.8 Å². The van der Waals surface area contributed by atoms with Gasteiger partial charge >= 0.3 is 0 Å². The molecule has 2 aliphatic rings. The van der Waals surface area contributed by atoms with E-state index in [1.54, 1.807) is 24.3 Å². The molecule has 0 unspecified atom stereocenters. The third-order valence-corrected chi connectivity index (χ3v) is 7.04. The van der Waals surface area contributed by atoms with E-state index in [2.05, 4.69) is 48.9 Å². The van der Waals surface area contributed by atoms with Crippen molar-refractivity contribution in [2.24, 2.45) is 0 Å². The summed E-state index contributed by atoms with van der Waals surface area (Å²) in [4.78, 5) is 19.3. The third kappa shape index (κ3) is 4.44. The molecular weight excluding hydrogens is 457 g/mol. The molecule has 1 aliphatic heterocycles. The molecule has 0 saturated carbocycles. The Morgan fingerprint density at radius 3 is 2.67 bits per heavy atom. The van der Waals surface area contributed by atoms with Crippen LogP contribution in [0.3, 0.4) is 0 Å². The Kier molecular flexibility index (Phi) is 5.88. The van der Waals surface area contributed by atoms with E-state index in [0.29, 0.717) is 16.8 Å². The van der Waals surface area contributed by atoms with Gasteiger partial charge in [0.15, 0.2) is 0 Å². The van der Waals surface area contributed by atoms with Crippen LogP contribution in [-0.4, -0.2) is 50.2 Å². The molecule has 1 saturated heterocycles. The third-order valence-electron chi connectivity index (χ3n) is 7.04. The Morgan fingerprint density at radius 2 is 1.86 bits per heavy atom. The molecule has 9 heteroatoms. The fourth-order valence-electron chi connectivity index (χ4n) is 5.08. The molecule has 1 fully saturated rings. The van der Waals surface area contributed by atoms with Gasteiger partial charge in [0.05, 0.1) is 16.9 Å². The molecule has 3 heterocycles. The number of amides is 1. The van der Waals surface area contributed by atoms with Crippen molar-refractivity contribution in [3.05, 3.63) is 83.3 Å². The summed E-state index contributed by atoms with van der Waals surface area (Å²) in [5.41, 5.74) is 5.58. The van der Waals surface area contributed by atoms with Gasteiger partial charge in [0.25, 0.3) is 5.91 Å². The molecule has 2 aromatic heterocycles. The Labute approximate surface area is 208 Å². The summed E-state index contributed by atoms with van der Waals surface area (Å²) >= 11 is 0. The Balaban J connectivity index is 1.07. The molecule has 1 amide bonds. The quantitative estimate of drug-likeness (QED) is 0.465. The molecule has 1 N–H and O–H groups in total. The summed E-state index contributed by atoms with van der Waals surface area (Å²) in [6.07, 6.45) is 6.57. The fraction of sp³-hybridized carbons (Fsp3) is 0.296. The second-order valence-electron chi connectivity index (χ2n) is 9.37. The second-order valence-corrected chi connectivity index (χ2v) is 9.37. The van der Waals surface area contributed by atoms with Crippen molar-refractivity contribution < 1.29 is 9.18 Å². The van der Waals surface area contributed by atoms with Crippen molar-refractivity contribution in [1.82, 2.24) is 30.5 Å². The summed E-state index contributed by atoms with van der Waals surface area (Å²) in [6, 6.07) is 16.2. The lowest BCUT2D eigenvalue weighted by atomic mass is 10.0. The predicted molar refractivity (Wildman–Crippen MR) is 134 cm³/mol. The number of fused-ring (bicyclic) bond motifs is 1. The highest BCUT2D eigenvalue weighted by molar-refractivity contribution is 5.94. The number of pyridine rings is 1. The largest absolute Gasteiger partial charge is 0.349 e. The smallest absolute Gasteiger partial charge is 0.253 e. The Morgan fingerprint density at radius 1 is 1.00 bits per heavy atom. The lowest BCUT2D eigenvalue weighted by Gasteiger charge is -2.32. The molecule has 4 aromatic rings. The summed E-state index contributed by atoms with van der Waals surface area (Å²) in [6.45, 7) is 1.49. The number of aryl methyl sites for hydroxylation is 2. The molecule has 8 nitrogen and oxygen atoms in total. The van der Waals surface area contributed by atoms with E-state index in [1.165, 1.54) is 35.9 Å². The first kappa shape index (κ1) is 22.3. The molecule has 0 atom stereocenters. The van der Waals surface area contributed by atoms with Crippen LogP contribution in [0.25, 0.3) is 16.9 Å². The molecule has 2 aromatic carbocycles. The number of carbonyl (C=O) groups is 1. The van der Waals surface area contributed by atoms with Crippen molar-refractivity contribution in [1.29, 1.82) is 0 Å². The maximum atomic E-state index is 13.5. The van der Waals surface area contributed by atoms with Gasteiger partial charge in [-0.3, -0.25) is 9.78 Å². The zero-order valence-corrected chi connectivity index (χ0v) is 19.8. The zero-order chi connectivity index (χ0) is 24.5. The number of halogens is 1. The van der Waals surface area contributed by atoms with Gasteiger partial charge in [-0.2, -0.15) is 4.68 Å². The topological polar surface area (TPSA) is 88.8 Å². The molecule has 182 valence electrons. The van der Waals surface area contributed by atoms with Crippen LogP contribution in [0, 0.1) is 5.82 Å². The van der Waals surface area contributed by atoms with Crippen molar-refractivity contribution in [2.45, 2.75) is 38.1 Å². The second kappa shape index (κ2) is 9.49. The molecule has 6 rings (SSSR count). The average Bonchev–Trinajstić information content (AvgIpc) is 3.59. The highest BCUT2D eigenvalue weighted by Crippen LogP contribution is 2.26. The van der Waals surface area contributed by atoms with E-state index in [1.807, 2.05) is 4.68 Å². The summed E-state index contributed by atoms with van der Waals surface area (Å²) < 4.78 is 15.3. The first-order chi connectivity index (χ1) is 17.6. The normalized spacial score (nSPS) is 15.6. The van der Waals surface area contributed by atoms with Crippen molar-refractivity contribution in [3.63, 3.8) is 0 Å². The zero-order valence-electron chi connectivity index (χ0n) is 19.8. The van der Waals surface area contributed by atoms with Crippen molar-refractivity contribution >= 4 is 11.9 Å². The van der Waals surface area contributed by atoms with Crippen LogP contribution in [0.15, 0.2) is 60.8 Å². The predicted octanol–water partition coefficient (Wildman–Crippen LogP) is 3.75. The van der Waals surface area contributed by atoms with Crippen molar-refractivity contribution in [2.75, 3.05) is 18.0 Å². The van der Waals surface area contributed by atoms with Gasteiger partial charge in [-0.25, -0.2) is 4.39 Å². The number of aromatic nitrogens is 5. The number of piperidine rings is 1. The van der Waals surface area contributed by atoms with Gasteiger partial charge < -0.3 is 10.2 Å². The lowest BCUT2D eigenvalue weighted by molar-refractivity contribution is 0.0930. The van der Waals surface area contributed by atoms with E-state index in [0.717, 1.165) is 50.4 Å². The van der Waals surface area contributed by atoms with Crippen molar-refractivity contribution in [3.8, 4) is 16.9 Å². The molecule has 1 aliphatic carbocycles. The van der Waals surface area contributed by atoms with Crippen LogP contribution in [0.2, 0.25) is 0 Å². The molecule has 0 bridgehead atoms. The maximum absolute atomic E-state index is 13.5. The van der Waals surface area contributed by atoms with Gasteiger partial charge in [0, 0.05) is 30.9 Å². The van der Waals surface area contributed by atoms with E-state index >= 15 is 0 Å². The van der Waals surface area contributed by atoms with Crippen LogP contribution in [0.4, 0.5) is 10.3 Å². The average molecular weight is 484 g/mol. The minimum atomic E-state index is -0.316. The van der Waals surface area contributed by atoms with Gasteiger partial charge in [-0.05, 0) is 90.1 Å². The summed E-state index contributed by atoms with van der Waals surface area (Å²) in [5.74, 6) is 0.258. The van der Waals surface area contributed by atoms with Crippen LogP contribution >= 0.6 is 0 Å². The first-order valence-electron chi connectivity index (χ1n) is 12.3. The lowest BCUT2D eigenvalue weighted by Crippen LogP contribution is -2.45. The number of tetrazole rings is 1. The number of nitrogens with one attached hydrogen (secondary N) is 1. The number of benzene rings is 2. The van der Waals surface area contributed by atoms with Gasteiger partial charge in [0.1, 0.15) is 5.82 Å². The summed E-state index contributed by atoms with van der Waals surface area (Å²) in [5, 5.41) is 15.6. The monoisotopic (exact) mass is 483 g/mol. The van der Waals surface area contributed by atoms with Crippen LogP contribution in [0.1, 0.15) is 40.7 Å². The number of anilines is 1. The summed E-state index contributed by atoms with van der Waals surface area (Å²) in [7, 11) is 0. The van der Waals surface area contributed by atoms with E-state index < -0.39 is 0 Å². The minimum Gasteiger partial charge on any atom is -0.349 e. The number of carbonyl (C=O) groups excluding carboxylic acids is 1. The van der Waals surface area contributed by atoms with E-state index in [9.17, 15) is 9.18 Å². The number of hydrogen-bond acceptors (Lipinski definition) is 6. The SMILES string of the molecule is O=C(NC1CCN(c2nnnn2-c2ccc3c(c2)CCC3)CC1)c1ccc(-c2cccc(F)c2)nc1. The fourth-order valence-corrected chi connectivity index (χ4v) is 5.08. The van der Waals surface area contributed by atoms with Crippen LogP contribution < -0.4 is 10.2 Å². The van der Waals surface area contributed by atoms with Gasteiger partial charge in [0.2, 0.25) is 5.95 Å². The molecule has 0 spiro atoms. The molecule has 36 heavy (non-hydrogen) atoms. The number of hydrogen-bond donors (Lipinski definition) is 1. The van der Waals surface area contributed by atoms with Crippen LogP contribution in [-0.2, 0) is 12.8 Å². The molecular formula is C27H26FN7O. The number of rotatable bonds is 5. The number of nitrogens with zero attached hydrogens (tertiary/aromatic N) is 6. The highest BCUT2D eigenvalue weighted by atomic mass is 19.1. The maximum Gasteiger partial charge on any atom is 0.253 e. The molecule has 0 radical (unpaired) electrons. The van der Waals surface area contributed by atoms with Crippen LogP contribution in [0.5, 0.6) is 0 Å².